The van der Waals surface area contributed by atoms with Crippen LogP contribution in [0.1, 0.15) is 18.4 Å². The van der Waals surface area contributed by atoms with Crippen LogP contribution in [0, 0.1) is 0 Å². The molecule has 0 aromatic heterocycles. The van der Waals surface area contributed by atoms with E-state index >= 15 is 0 Å². The number of benzene rings is 1. The molecule has 0 saturated heterocycles. The summed E-state index contributed by atoms with van der Waals surface area (Å²) in [6, 6.07) is 8.69. The molecule has 4 nitrogen and oxygen atoms in total. The molecule has 3 rings (SSSR count). The number of nitrogens with two attached hydrogens (primary N) is 1. The zero-order valence-electron chi connectivity index (χ0n) is 12.9. The normalized spacial score (nSPS) is 19.8. The first-order valence-electron chi connectivity index (χ1n) is 7.60. The van der Waals surface area contributed by atoms with Crippen molar-refractivity contribution in [3.63, 3.8) is 0 Å². The van der Waals surface area contributed by atoms with Gasteiger partial charge in [0, 0.05) is 44.8 Å². The summed E-state index contributed by atoms with van der Waals surface area (Å²) < 4.78 is 0. The molecule has 1 aliphatic heterocycles. The average Bonchev–Trinajstić information content (AvgIpc) is 3.04. The molecule has 0 radical (unpaired) electrons. The molecule has 1 aromatic carbocycles. The molecule has 112 valence electrons. The quantitative estimate of drug-likeness (QED) is 0.656. The first kappa shape index (κ1) is 14.2. The molecule has 4 heteroatoms. The van der Waals surface area contributed by atoms with Gasteiger partial charge in [-0.3, -0.25) is 5.84 Å². The largest absolute Gasteiger partial charge is 0.388 e. The highest BCUT2D eigenvalue weighted by Crippen LogP contribution is 2.33. The van der Waals surface area contributed by atoms with Crippen molar-refractivity contribution in [1.82, 2.24) is 10.3 Å². The van der Waals surface area contributed by atoms with Crippen molar-refractivity contribution in [1.29, 1.82) is 0 Å². The lowest BCUT2D eigenvalue weighted by Crippen LogP contribution is -2.28. The third-order valence-electron chi connectivity index (χ3n) is 4.30. The van der Waals surface area contributed by atoms with Crippen molar-refractivity contribution in [2.45, 2.75) is 19.3 Å². The van der Waals surface area contributed by atoms with E-state index in [4.69, 9.17) is 5.84 Å². The molecular formula is C17H24N4. The number of nitrogens with one attached hydrogen (secondary N) is 1. The van der Waals surface area contributed by atoms with E-state index in [9.17, 15) is 0 Å². The van der Waals surface area contributed by atoms with E-state index < -0.39 is 0 Å². The Kier molecular flexibility index (Phi) is 3.99. The molecule has 0 unspecified atom stereocenters. The summed E-state index contributed by atoms with van der Waals surface area (Å²) in [6.45, 7) is 1.90. The van der Waals surface area contributed by atoms with Crippen LogP contribution in [0.3, 0.4) is 0 Å². The van der Waals surface area contributed by atoms with Gasteiger partial charge in [-0.1, -0.05) is 18.2 Å². The van der Waals surface area contributed by atoms with Gasteiger partial charge in [0.1, 0.15) is 0 Å². The lowest BCUT2D eigenvalue weighted by atomic mass is 10.2. The fraction of sp³-hybridized carbons (Fsp3) is 0.412. The molecule has 3 N–H and O–H groups in total. The van der Waals surface area contributed by atoms with E-state index in [1.165, 1.54) is 28.1 Å². The maximum Gasteiger partial charge on any atom is 0.0439 e. The van der Waals surface area contributed by atoms with E-state index in [2.05, 4.69) is 40.7 Å². The Hall–Kier alpha value is -1.78. The standard InChI is InChI=1S/C17H24N4/c1-19-17-14(11-20(2)18)7-8-15(17)12-21-10-9-13-5-3-4-6-16(13)21/h3-6,12,19H,7-11,18H2,1-2H3/b15-12+. The van der Waals surface area contributed by atoms with Crippen LogP contribution >= 0.6 is 0 Å². The molecule has 0 saturated carbocycles. The zero-order chi connectivity index (χ0) is 14.8. The SMILES string of the molecule is CNC1=C(CN(C)N)CC/C1=C\N1CCc2ccccc21. The summed E-state index contributed by atoms with van der Waals surface area (Å²) in [7, 11) is 3.92. The molecule has 0 bridgehead atoms. The number of hydrogen-bond acceptors (Lipinski definition) is 4. The lowest BCUT2D eigenvalue weighted by Gasteiger charge is -2.17. The molecule has 0 atom stereocenters. The van der Waals surface area contributed by atoms with Gasteiger partial charge in [0.15, 0.2) is 0 Å². The number of rotatable bonds is 4. The summed E-state index contributed by atoms with van der Waals surface area (Å²) in [6.07, 6.45) is 5.65. The summed E-state index contributed by atoms with van der Waals surface area (Å²) in [5.74, 6) is 5.80. The Labute approximate surface area is 126 Å². The minimum absolute atomic E-state index is 0.824. The van der Waals surface area contributed by atoms with Crippen molar-refractivity contribution in [3.8, 4) is 0 Å². The molecule has 0 spiro atoms. The maximum atomic E-state index is 5.80. The molecule has 1 aliphatic carbocycles. The van der Waals surface area contributed by atoms with Gasteiger partial charge in [0.05, 0.1) is 0 Å². The topological polar surface area (TPSA) is 44.5 Å². The zero-order valence-corrected chi connectivity index (χ0v) is 12.9. The van der Waals surface area contributed by atoms with Crippen LogP contribution in [0.25, 0.3) is 0 Å². The third kappa shape index (κ3) is 2.82. The summed E-state index contributed by atoms with van der Waals surface area (Å²) in [5, 5.41) is 5.12. The Morgan fingerprint density at radius 3 is 2.86 bits per heavy atom. The van der Waals surface area contributed by atoms with Crippen LogP contribution in [0.2, 0.25) is 0 Å². The average molecular weight is 284 g/mol. The van der Waals surface area contributed by atoms with Crippen LogP contribution in [0.5, 0.6) is 0 Å². The molecule has 0 amide bonds. The van der Waals surface area contributed by atoms with E-state index in [-0.39, 0.29) is 0 Å². The molecule has 0 fully saturated rings. The van der Waals surface area contributed by atoms with Gasteiger partial charge in [-0.05, 0) is 42.0 Å². The van der Waals surface area contributed by atoms with Gasteiger partial charge >= 0.3 is 0 Å². The number of nitrogens with zero attached hydrogens (tertiary/aromatic N) is 2. The van der Waals surface area contributed by atoms with Gasteiger partial charge in [-0.15, -0.1) is 0 Å². The maximum absolute atomic E-state index is 5.80. The van der Waals surface area contributed by atoms with Gasteiger partial charge in [-0.25, -0.2) is 5.01 Å². The summed E-state index contributed by atoms with van der Waals surface area (Å²) in [4.78, 5) is 2.39. The molecule has 1 heterocycles. The van der Waals surface area contributed by atoms with Crippen LogP contribution in [0.15, 0.2) is 47.3 Å². The number of hydrazine groups is 1. The molecule has 2 aliphatic rings. The number of hydrogen-bond donors (Lipinski definition) is 2. The highest BCUT2D eigenvalue weighted by molar-refractivity contribution is 5.61. The number of likely N-dealkylation sites (N-methyl/N-ethyl adjacent to an activating group) is 2. The Morgan fingerprint density at radius 2 is 2.10 bits per heavy atom. The van der Waals surface area contributed by atoms with Crippen LogP contribution in [-0.4, -0.2) is 32.2 Å². The number of fused-ring (bicyclic) bond motifs is 1. The minimum atomic E-state index is 0.824. The first-order valence-corrected chi connectivity index (χ1v) is 7.60. The second kappa shape index (κ2) is 5.92. The fourth-order valence-corrected chi connectivity index (χ4v) is 3.37. The minimum Gasteiger partial charge on any atom is -0.388 e. The summed E-state index contributed by atoms with van der Waals surface area (Å²) in [5.41, 5.74) is 6.87. The fourth-order valence-electron chi connectivity index (χ4n) is 3.37. The van der Waals surface area contributed by atoms with Crippen molar-refractivity contribution in [2.24, 2.45) is 5.84 Å². The Bertz CT molecular complexity index is 586. The van der Waals surface area contributed by atoms with Crippen molar-refractivity contribution in [2.75, 3.05) is 32.1 Å². The predicted octanol–water partition coefficient (Wildman–Crippen LogP) is 2.01. The van der Waals surface area contributed by atoms with E-state index in [0.29, 0.717) is 0 Å². The highest BCUT2D eigenvalue weighted by Gasteiger charge is 2.22. The van der Waals surface area contributed by atoms with Gasteiger partial charge in [-0.2, -0.15) is 0 Å². The third-order valence-corrected chi connectivity index (χ3v) is 4.30. The second-order valence-electron chi connectivity index (χ2n) is 5.87. The number of para-hydroxylation sites is 1. The van der Waals surface area contributed by atoms with E-state index in [0.717, 1.165) is 32.4 Å². The van der Waals surface area contributed by atoms with Crippen LogP contribution in [-0.2, 0) is 6.42 Å². The van der Waals surface area contributed by atoms with E-state index in [1.54, 1.807) is 5.01 Å². The number of allylic oxidation sites excluding steroid dienone is 1. The van der Waals surface area contributed by atoms with Gasteiger partial charge in [0.2, 0.25) is 0 Å². The second-order valence-corrected chi connectivity index (χ2v) is 5.87. The summed E-state index contributed by atoms with van der Waals surface area (Å²) >= 11 is 0. The van der Waals surface area contributed by atoms with Crippen molar-refractivity contribution < 1.29 is 0 Å². The highest BCUT2D eigenvalue weighted by atomic mass is 15.4. The predicted molar refractivity (Wildman–Crippen MR) is 87.7 cm³/mol. The van der Waals surface area contributed by atoms with Crippen molar-refractivity contribution in [3.05, 3.63) is 52.9 Å². The van der Waals surface area contributed by atoms with Gasteiger partial charge in [0.25, 0.3) is 0 Å². The van der Waals surface area contributed by atoms with Crippen LogP contribution < -0.4 is 16.1 Å². The molecule has 21 heavy (non-hydrogen) atoms. The lowest BCUT2D eigenvalue weighted by molar-refractivity contribution is 0.376. The Balaban J connectivity index is 1.86. The van der Waals surface area contributed by atoms with Gasteiger partial charge < -0.3 is 10.2 Å². The van der Waals surface area contributed by atoms with Crippen molar-refractivity contribution >= 4 is 5.69 Å². The first-order chi connectivity index (χ1) is 10.2. The van der Waals surface area contributed by atoms with Crippen LogP contribution in [0.4, 0.5) is 5.69 Å². The Morgan fingerprint density at radius 1 is 1.29 bits per heavy atom. The number of anilines is 1. The monoisotopic (exact) mass is 284 g/mol. The smallest absolute Gasteiger partial charge is 0.0439 e. The molecule has 1 aromatic rings. The molecular weight excluding hydrogens is 260 g/mol. The van der Waals surface area contributed by atoms with E-state index in [1.807, 2.05) is 14.1 Å².